The maximum absolute atomic E-state index is 12.7. The van der Waals surface area contributed by atoms with Gasteiger partial charge in [0.2, 0.25) is 0 Å². The van der Waals surface area contributed by atoms with Gasteiger partial charge in [-0.05, 0) is 133 Å². The average molecular weight is 1130 g/mol. The van der Waals surface area contributed by atoms with Crippen molar-refractivity contribution in [3.63, 3.8) is 0 Å². The van der Waals surface area contributed by atoms with Crippen LogP contribution >= 0.6 is 43.5 Å². The minimum atomic E-state index is -0.978. The Labute approximate surface area is 441 Å². The summed E-state index contributed by atoms with van der Waals surface area (Å²) in [6, 6.07) is 33.8. The van der Waals surface area contributed by atoms with E-state index in [4.69, 9.17) is 17.3 Å². The summed E-state index contributed by atoms with van der Waals surface area (Å²) >= 11 is 11.9. The van der Waals surface area contributed by atoms with Crippen LogP contribution in [0.1, 0.15) is 96.8 Å². The lowest BCUT2D eigenvalue weighted by Gasteiger charge is -2.57. The number of amides is 2. The molecule has 13 rings (SSSR count). The molecule has 5 aromatic carbocycles. The van der Waals surface area contributed by atoms with Crippen LogP contribution in [0, 0.1) is 20.9 Å². The topological polar surface area (TPSA) is 231 Å². The van der Waals surface area contributed by atoms with E-state index in [9.17, 15) is 29.3 Å². The third-order valence-corrected chi connectivity index (χ3v) is 16.3. The number of nitro benzene ring substituents is 1. The number of aromatic amines is 2. The average Bonchev–Trinajstić information content (AvgIpc) is 3.99. The molecule has 2 amide bonds. The molecule has 6 aliphatic rings. The number of ether oxygens (including phenoxy) is 1. The van der Waals surface area contributed by atoms with E-state index >= 15 is 0 Å². The normalized spacial score (nSPS) is 23.6. The van der Waals surface area contributed by atoms with Gasteiger partial charge >= 0.3 is 11.5 Å². The Morgan fingerprint density at radius 2 is 1.18 bits per heavy atom. The van der Waals surface area contributed by atoms with E-state index in [1.54, 1.807) is 0 Å². The third kappa shape index (κ3) is 11.0. The highest BCUT2D eigenvalue weighted by Crippen LogP contribution is 2.63. The van der Waals surface area contributed by atoms with Gasteiger partial charge in [0.05, 0.1) is 27.1 Å². The summed E-state index contributed by atoms with van der Waals surface area (Å²) in [5, 5.41) is 34.2. The predicted octanol–water partition coefficient (Wildman–Crippen LogP) is 10.7. The van der Waals surface area contributed by atoms with Gasteiger partial charge in [0, 0.05) is 93.6 Å². The van der Waals surface area contributed by atoms with Crippen molar-refractivity contribution in [2.75, 3.05) is 0 Å². The smallest absolute Gasteiger partial charge is 0.409 e. The van der Waals surface area contributed by atoms with E-state index in [1.807, 2.05) is 59.5 Å². The second kappa shape index (κ2) is 20.9. The van der Waals surface area contributed by atoms with Crippen molar-refractivity contribution in [1.29, 1.82) is 0 Å². The highest BCUT2D eigenvalue weighted by molar-refractivity contribution is 9.10. The van der Waals surface area contributed by atoms with Crippen molar-refractivity contribution >= 4 is 82.2 Å². The quantitative estimate of drug-likeness (QED) is 0.0618. The lowest BCUT2D eigenvalue weighted by atomic mass is 9.49. The number of hydrogen-bond donors (Lipinski definition) is 5. The van der Waals surface area contributed by atoms with Gasteiger partial charge in [-0.25, -0.2) is 19.8 Å². The van der Waals surface area contributed by atoms with Crippen LogP contribution in [-0.2, 0) is 26.2 Å². The molecule has 2 spiro atoms. The molecule has 2 aliphatic heterocycles. The van der Waals surface area contributed by atoms with Crippen molar-refractivity contribution in [1.82, 2.24) is 35.9 Å². The fraction of sp³-hybridized carbons (Fsp3) is 0.333. The van der Waals surface area contributed by atoms with Gasteiger partial charge in [-0.3, -0.25) is 19.7 Å². The number of carbonyl (C=O) groups is 2. The first kappa shape index (κ1) is 50.2. The van der Waals surface area contributed by atoms with Crippen LogP contribution in [0.2, 0.25) is 0 Å². The SMILES string of the molecule is Brc1ccc2c(c1)CNC2.NC1CC2(C1)CC(c1n[nH]c(=O)c3ccccc13)C2.O=C(Cl)Oc1ccc([N+](=O)[O-])cc1.O=C(NC1CC2(C1)CC(c1n[nH]c(=O)c3ccccc13)C2)N1Cc2ccc(Br)cc2C1. The number of aromatic nitrogens is 4. The Kier molecular flexibility index (Phi) is 14.4. The molecule has 6 N–H and O–H groups in total. The second-order valence-electron chi connectivity index (χ2n) is 20.3. The van der Waals surface area contributed by atoms with Crippen LogP contribution < -0.4 is 32.2 Å². The third-order valence-electron chi connectivity index (χ3n) is 15.2. The number of halogens is 3. The first-order chi connectivity index (χ1) is 35.1. The van der Waals surface area contributed by atoms with E-state index in [2.05, 4.69) is 98.0 Å². The van der Waals surface area contributed by atoms with Crippen LogP contribution in [0.3, 0.4) is 0 Å². The van der Waals surface area contributed by atoms with Crippen LogP contribution in [0.5, 0.6) is 5.75 Å². The minimum Gasteiger partial charge on any atom is -0.414 e. The summed E-state index contributed by atoms with van der Waals surface area (Å²) < 4.78 is 6.68. The number of carbonyl (C=O) groups excluding carboxylic acids is 2. The summed E-state index contributed by atoms with van der Waals surface area (Å²) in [6.07, 6.45) is 8.87. The summed E-state index contributed by atoms with van der Waals surface area (Å²) in [4.78, 5) is 58.3. The van der Waals surface area contributed by atoms with Gasteiger partial charge in [-0.1, -0.05) is 80.4 Å². The Morgan fingerprint density at radius 1 is 0.685 bits per heavy atom. The summed E-state index contributed by atoms with van der Waals surface area (Å²) in [5.74, 6) is 1.03. The van der Waals surface area contributed by atoms with Crippen molar-refractivity contribution in [3.05, 3.63) is 183 Å². The maximum Gasteiger partial charge on any atom is 0.409 e. The Morgan fingerprint density at radius 3 is 1.71 bits per heavy atom. The Hall–Kier alpha value is -6.31. The molecular formula is C54H52Br2ClN9O7. The number of benzene rings is 5. The molecule has 4 saturated carbocycles. The van der Waals surface area contributed by atoms with Gasteiger partial charge in [-0.2, -0.15) is 10.2 Å². The Balaban J connectivity index is 0.000000123. The molecule has 73 heavy (non-hydrogen) atoms. The largest absolute Gasteiger partial charge is 0.414 e. The number of nitrogens with zero attached hydrogens (tertiary/aromatic N) is 4. The van der Waals surface area contributed by atoms with Crippen LogP contribution in [-0.4, -0.2) is 53.8 Å². The van der Waals surface area contributed by atoms with E-state index in [0.29, 0.717) is 47.2 Å². The van der Waals surface area contributed by atoms with Crippen molar-refractivity contribution in [2.45, 2.75) is 101 Å². The van der Waals surface area contributed by atoms with Crippen LogP contribution in [0.15, 0.2) is 128 Å². The number of urea groups is 1. The fourth-order valence-electron chi connectivity index (χ4n) is 11.8. The molecule has 0 bridgehead atoms. The first-order valence-electron chi connectivity index (χ1n) is 24.2. The highest BCUT2D eigenvalue weighted by Gasteiger charge is 2.55. The van der Waals surface area contributed by atoms with E-state index in [-0.39, 0.29) is 34.6 Å². The second-order valence-corrected chi connectivity index (χ2v) is 22.4. The van der Waals surface area contributed by atoms with Gasteiger partial charge in [0.15, 0.2) is 0 Å². The fourth-order valence-corrected chi connectivity index (χ4v) is 12.7. The maximum atomic E-state index is 12.7. The predicted molar refractivity (Wildman–Crippen MR) is 285 cm³/mol. The minimum absolute atomic E-state index is 0.0383. The number of rotatable bonds is 5. The number of nitrogens with one attached hydrogen (secondary N) is 4. The molecule has 0 radical (unpaired) electrons. The number of hydrogen-bond acceptors (Lipinski definition) is 11. The van der Waals surface area contributed by atoms with Crippen LogP contribution in [0.4, 0.5) is 15.3 Å². The summed E-state index contributed by atoms with van der Waals surface area (Å²) in [6.45, 7) is 3.40. The number of H-pyrrole nitrogens is 2. The van der Waals surface area contributed by atoms with Gasteiger partial charge < -0.3 is 26.0 Å². The molecule has 0 saturated heterocycles. The van der Waals surface area contributed by atoms with Crippen molar-refractivity contribution in [2.24, 2.45) is 16.6 Å². The highest BCUT2D eigenvalue weighted by atomic mass is 79.9. The van der Waals surface area contributed by atoms with E-state index < -0.39 is 10.4 Å². The molecule has 4 aliphatic carbocycles. The first-order valence-corrected chi connectivity index (χ1v) is 26.2. The van der Waals surface area contributed by atoms with Crippen molar-refractivity contribution < 1.29 is 19.2 Å². The zero-order valence-electron chi connectivity index (χ0n) is 39.5. The molecule has 4 heterocycles. The molecule has 376 valence electrons. The molecule has 16 nitrogen and oxygen atoms in total. The number of fused-ring (bicyclic) bond motifs is 4. The molecule has 4 fully saturated rings. The summed E-state index contributed by atoms with van der Waals surface area (Å²) in [7, 11) is 0. The van der Waals surface area contributed by atoms with E-state index in [0.717, 1.165) is 83.6 Å². The van der Waals surface area contributed by atoms with Gasteiger partial charge in [-0.15, -0.1) is 0 Å². The van der Waals surface area contributed by atoms with Gasteiger partial charge in [0.25, 0.3) is 16.8 Å². The standard InChI is InChI=1S/C24H23BrN4O2.C15H17N3O.C8H8BrN.C7H4ClNO4/c25-17-6-5-14-12-29(13-15(14)7-17)23(31)26-18-10-24(11-18)8-16(9-24)21-19-3-1-2-4-20(19)22(30)28-27-21;16-10-7-15(8-10)5-9(6-15)13-11-3-1-2-4-12(11)14(19)18-17-13;9-8-2-1-6-4-10-5-7(6)3-8;8-7(10)13-6-3-1-5(2-4-6)9(11)12/h1-7,16,18H,8-13H2,(H,26,31)(H,28,30);1-4,9-10H,5-8,16H2,(H,18,19);1-3,10H,4-5H2;1-4H. The molecule has 0 unspecified atom stereocenters. The molecule has 2 aromatic heterocycles. The molecule has 7 aromatic rings. The number of nitro groups is 1. The lowest BCUT2D eigenvalue weighted by molar-refractivity contribution is -0.384. The lowest BCUT2D eigenvalue weighted by Crippen LogP contribution is -2.57. The van der Waals surface area contributed by atoms with E-state index in [1.165, 1.54) is 63.8 Å². The van der Waals surface area contributed by atoms with Crippen LogP contribution in [0.25, 0.3) is 21.5 Å². The van der Waals surface area contributed by atoms with Gasteiger partial charge in [0.1, 0.15) is 5.75 Å². The summed E-state index contributed by atoms with van der Waals surface area (Å²) in [5.41, 5.74) is 12.8. The number of non-ortho nitro benzene ring substituents is 1. The monoisotopic (exact) mass is 1130 g/mol. The number of nitrogens with two attached hydrogens (primary N) is 1. The van der Waals surface area contributed by atoms with Crippen molar-refractivity contribution in [3.8, 4) is 5.75 Å². The zero-order valence-corrected chi connectivity index (χ0v) is 43.5. The zero-order chi connectivity index (χ0) is 51.0. The Bertz CT molecular complexity index is 3360. The molecular weight excluding hydrogens is 1080 g/mol. The molecule has 19 heteroatoms. The molecule has 0 atom stereocenters.